The number of carbonyl (C=O) groups excluding carboxylic acids is 1. The van der Waals surface area contributed by atoms with Crippen LogP contribution in [0.4, 0.5) is 5.69 Å². The van der Waals surface area contributed by atoms with Gasteiger partial charge >= 0.3 is 0 Å². The number of hydrogen-bond donors (Lipinski definition) is 2. The summed E-state index contributed by atoms with van der Waals surface area (Å²) in [5.74, 6) is 0.0495. The normalized spacial score (nSPS) is 12.2. The van der Waals surface area contributed by atoms with Crippen molar-refractivity contribution in [3.63, 3.8) is 0 Å². The lowest BCUT2D eigenvalue weighted by Crippen LogP contribution is -2.30. The molecule has 4 heteroatoms. The molecule has 0 radical (unpaired) electrons. The molecule has 88 valence electrons. The van der Waals surface area contributed by atoms with Crippen molar-refractivity contribution in [1.29, 1.82) is 0 Å². The smallest absolute Gasteiger partial charge is 0.233 e. The van der Waals surface area contributed by atoms with Gasteiger partial charge in [0.25, 0.3) is 0 Å². The fourth-order valence-corrected chi connectivity index (χ4v) is 2.33. The Morgan fingerprint density at radius 2 is 2.25 bits per heavy atom. The number of anilines is 1. The predicted molar refractivity (Wildman–Crippen MR) is 69.6 cm³/mol. The molecule has 0 aliphatic carbocycles. The molecule has 0 aliphatic rings. The highest BCUT2D eigenvalue weighted by Crippen LogP contribution is 2.29. The van der Waals surface area contributed by atoms with Crippen LogP contribution >= 0.6 is 11.8 Å². The maximum absolute atomic E-state index is 11.6. The van der Waals surface area contributed by atoms with Gasteiger partial charge in [-0.05, 0) is 38.5 Å². The van der Waals surface area contributed by atoms with E-state index in [1.54, 1.807) is 0 Å². The molecule has 16 heavy (non-hydrogen) atoms. The SMILES string of the molecule is CCNC(=O)C(C)Sc1cc(C)ccc1N. The number of thioether (sulfide) groups is 1. The fraction of sp³-hybridized carbons (Fsp3) is 0.417. The summed E-state index contributed by atoms with van der Waals surface area (Å²) < 4.78 is 0. The lowest BCUT2D eigenvalue weighted by atomic mass is 10.2. The number of hydrogen-bond acceptors (Lipinski definition) is 3. The van der Waals surface area contributed by atoms with Crippen molar-refractivity contribution in [3.05, 3.63) is 23.8 Å². The first kappa shape index (κ1) is 12.9. The minimum absolute atomic E-state index is 0.0495. The summed E-state index contributed by atoms with van der Waals surface area (Å²) in [7, 11) is 0. The van der Waals surface area contributed by atoms with Gasteiger partial charge in [-0.3, -0.25) is 4.79 Å². The molecular weight excluding hydrogens is 220 g/mol. The molecule has 0 aliphatic heterocycles. The number of benzene rings is 1. The Bertz CT molecular complexity index is 379. The summed E-state index contributed by atoms with van der Waals surface area (Å²) in [5, 5.41) is 2.68. The Balaban J connectivity index is 2.72. The summed E-state index contributed by atoms with van der Waals surface area (Å²) in [4.78, 5) is 12.5. The van der Waals surface area contributed by atoms with Crippen LogP contribution in [0, 0.1) is 6.92 Å². The molecule has 0 saturated carbocycles. The lowest BCUT2D eigenvalue weighted by molar-refractivity contribution is -0.120. The highest BCUT2D eigenvalue weighted by molar-refractivity contribution is 8.00. The van der Waals surface area contributed by atoms with E-state index < -0.39 is 0 Å². The van der Waals surface area contributed by atoms with Crippen molar-refractivity contribution >= 4 is 23.4 Å². The first-order chi connectivity index (χ1) is 7.54. The van der Waals surface area contributed by atoms with Crippen molar-refractivity contribution < 1.29 is 4.79 Å². The van der Waals surface area contributed by atoms with Crippen molar-refractivity contribution in [2.24, 2.45) is 0 Å². The molecule has 0 bridgehead atoms. The summed E-state index contributed by atoms with van der Waals surface area (Å²) >= 11 is 1.50. The van der Waals surface area contributed by atoms with Crippen LogP contribution in [0.25, 0.3) is 0 Å². The average Bonchev–Trinajstić information content (AvgIpc) is 2.23. The van der Waals surface area contributed by atoms with Crippen molar-refractivity contribution in [3.8, 4) is 0 Å². The summed E-state index contributed by atoms with van der Waals surface area (Å²) in [5.41, 5.74) is 7.74. The van der Waals surface area contributed by atoms with E-state index in [1.807, 2.05) is 39.0 Å². The van der Waals surface area contributed by atoms with Crippen LogP contribution in [0.2, 0.25) is 0 Å². The molecule has 3 nitrogen and oxygen atoms in total. The monoisotopic (exact) mass is 238 g/mol. The van der Waals surface area contributed by atoms with E-state index in [-0.39, 0.29) is 11.2 Å². The van der Waals surface area contributed by atoms with E-state index in [0.717, 1.165) is 16.1 Å². The lowest BCUT2D eigenvalue weighted by Gasteiger charge is -2.12. The maximum atomic E-state index is 11.6. The third-order valence-electron chi connectivity index (χ3n) is 2.19. The van der Waals surface area contributed by atoms with Crippen molar-refractivity contribution in [1.82, 2.24) is 5.32 Å². The van der Waals surface area contributed by atoms with Crippen LogP contribution in [0.1, 0.15) is 19.4 Å². The molecule has 0 aromatic heterocycles. The fourth-order valence-electron chi connectivity index (χ4n) is 1.31. The summed E-state index contributed by atoms with van der Waals surface area (Å²) in [6.07, 6.45) is 0. The van der Waals surface area contributed by atoms with Gasteiger partial charge in [-0.15, -0.1) is 11.8 Å². The zero-order valence-corrected chi connectivity index (χ0v) is 10.7. The minimum Gasteiger partial charge on any atom is -0.398 e. The quantitative estimate of drug-likeness (QED) is 0.624. The topological polar surface area (TPSA) is 55.1 Å². The molecule has 1 rings (SSSR count). The number of nitrogen functional groups attached to an aromatic ring is 1. The Kier molecular flexibility index (Phi) is 4.68. The number of amides is 1. The average molecular weight is 238 g/mol. The molecule has 0 saturated heterocycles. The molecular formula is C12H18N2OS. The summed E-state index contributed by atoms with van der Waals surface area (Å²) in [6.45, 7) is 6.47. The van der Waals surface area contributed by atoms with Gasteiger partial charge in [-0.25, -0.2) is 0 Å². The second-order valence-corrected chi connectivity index (χ2v) is 5.08. The third-order valence-corrected chi connectivity index (χ3v) is 3.37. The van der Waals surface area contributed by atoms with E-state index in [2.05, 4.69) is 5.32 Å². The van der Waals surface area contributed by atoms with Gasteiger partial charge in [-0.2, -0.15) is 0 Å². The molecule has 1 aromatic carbocycles. The number of aryl methyl sites for hydroxylation is 1. The van der Waals surface area contributed by atoms with Crippen molar-refractivity contribution in [2.45, 2.75) is 30.9 Å². The van der Waals surface area contributed by atoms with E-state index in [0.29, 0.717) is 6.54 Å². The zero-order valence-electron chi connectivity index (χ0n) is 9.91. The molecule has 1 unspecified atom stereocenters. The second kappa shape index (κ2) is 5.80. The van der Waals surface area contributed by atoms with Crippen molar-refractivity contribution in [2.75, 3.05) is 12.3 Å². The number of nitrogens with one attached hydrogen (secondary N) is 1. The van der Waals surface area contributed by atoms with Crippen LogP contribution in [-0.4, -0.2) is 17.7 Å². The highest BCUT2D eigenvalue weighted by Gasteiger charge is 2.14. The largest absolute Gasteiger partial charge is 0.398 e. The van der Waals surface area contributed by atoms with Gasteiger partial charge in [0.2, 0.25) is 5.91 Å². The minimum atomic E-state index is -0.121. The Hall–Kier alpha value is -1.16. The Morgan fingerprint density at radius 3 is 2.88 bits per heavy atom. The van der Waals surface area contributed by atoms with E-state index in [1.165, 1.54) is 11.8 Å². The van der Waals surface area contributed by atoms with Crippen LogP contribution in [0.3, 0.4) is 0 Å². The Morgan fingerprint density at radius 1 is 1.56 bits per heavy atom. The molecule has 0 heterocycles. The first-order valence-electron chi connectivity index (χ1n) is 5.35. The van der Waals surface area contributed by atoms with E-state index in [9.17, 15) is 4.79 Å². The standard InChI is InChI=1S/C12H18N2OS/c1-4-14-12(15)9(3)16-11-7-8(2)5-6-10(11)13/h5-7,9H,4,13H2,1-3H3,(H,14,15). The Labute approximate surface area is 101 Å². The third kappa shape index (κ3) is 3.45. The maximum Gasteiger partial charge on any atom is 0.233 e. The zero-order chi connectivity index (χ0) is 12.1. The molecule has 3 N–H and O–H groups in total. The molecule has 0 fully saturated rings. The molecule has 1 atom stereocenters. The van der Waals surface area contributed by atoms with Crippen LogP contribution < -0.4 is 11.1 Å². The van der Waals surface area contributed by atoms with Crippen LogP contribution in [0.5, 0.6) is 0 Å². The number of carbonyl (C=O) groups is 1. The van der Waals surface area contributed by atoms with E-state index in [4.69, 9.17) is 5.73 Å². The van der Waals surface area contributed by atoms with Gasteiger partial charge in [0.15, 0.2) is 0 Å². The molecule has 1 aromatic rings. The molecule has 1 amide bonds. The van der Waals surface area contributed by atoms with Gasteiger partial charge in [0.1, 0.15) is 0 Å². The predicted octanol–water partition coefficient (Wildman–Crippen LogP) is 2.19. The van der Waals surface area contributed by atoms with Gasteiger partial charge < -0.3 is 11.1 Å². The first-order valence-corrected chi connectivity index (χ1v) is 6.23. The van der Waals surface area contributed by atoms with Gasteiger partial charge in [-0.1, -0.05) is 6.07 Å². The van der Waals surface area contributed by atoms with Crippen LogP contribution in [0.15, 0.2) is 23.1 Å². The molecule has 0 spiro atoms. The second-order valence-electron chi connectivity index (χ2n) is 3.70. The summed E-state index contributed by atoms with van der Waals surface area (Å²) in [6, 6.07) is 5.86. The number of nitrogens with two attached hydrogens (primary N) is 1. The van der Waals surface area contributed by atoms with Gasteiger partial charge in [0, 0.05) is 17.1 Å². The number of rotatable bonds is 4. The highest BCUT2D eigenvalue weighted by atomic mass is 32.2. The van der Waals surface area contributed by atoms with Crippen LogP contribution in [-0.2, 0) is 4.79 Å². The van der Waals surface area contributed by atoms with Gasteiger partial charge in [0.05, 0.1) is 5.25 Å². The van der Waals surface area contributed by atoms with E-state index >= 15 is 0 Å².